The number of rotatable bonds is 2. The van der Waals surface area contributed by atoms with E-state index in [0.29, 0.717) is 18.3 Å². The van der Waals surface area contributed by atoms with E-state index in [4.69, 9.17) is 0 Å². The number of carbonyl (C=O) groups is 1. The molecule has 2 heterocycles. The molecule has 1 aliphatic heterocycles. The molecule has 2 saturated carbocycles. The van der Waals surface area contributed by atoms with Gasteiger partial charge in [0, 0.05) is 12.3 Å². The van der Waals surface area contributed by atoms with Crippen molar-refractivity contribution in [2.45, 2.75) is 36.1 Å². The van der Waals surface area contributed by atoms with Crippen LogP contribution in [0.15, 0.2) is 11.5 Å². The van der Waals surface area contributed by atoms with Gasteiger partial charge in [0.2, 0.25) is 9.84 Å². The number of amides is 1. The molecule has 2 bridgehead atoms. The molecule has 0 radical (unpaired) electrons. The highest BCUT2D eigenvalue weighted by Gasteiger charge is 2.47. The van der Waals surface area contributed by atoms with Gasteiger partial charge in [-0.05, 0) is 31.1 Å². The van der Waals surface area contributed by atoms with Crippen LogP contribution < -0.4 is 0 Å². The van der Waals surface area contributed by atoms with Gasteiger partial charge in [-0.1, -0.05) is 6.42 Å². The summed E-state index contributed by atoms with van der Waals surface area (Å²) in [5.74, 6) is 2.30. The van der Waals surface area contributed by atoms with Crippen LogP contribution in [0.4, 0.5) is 4.79 Å². The molecule has 0 spiro atoms. The lowest BCUT2D eigenvalue weighted by Gasteiger charge is -2.19. The molecule has 4 rings (SSSR count). The molecule has 0 aromatic carbocycles. The third-order valence-electron chi connectivity index (χ3n) is 5.02. The van der Waals surface area contributed by atoms with E-state index in [2.05, 4.69) is 10.1 Å². The molecule has 120 valence electrons. The molecule has 2 aliphatic carbocycles. The molecule has 9 heteroatoms. The second-order valence-corrected chi connectivity index (χ2v) is 9.45. The third kappa shape index (κ3) is 2.25. The minimum absolute atomic E-state index is 0.190. The van der Waals surface area contributed by atoms with Crippen LogP contribution in [-0.2, 0) is 9.84 Å². The maximum Gasteiger partial charge on any atom is 0.346 e. The maximum absolute atomic E-state index is 12.7. The predicted octanol–water partition coefficient (Wildman–Crippen LogP) is 1.21. The number of aromatic nitrogens is 3. The fraction of sp³-hybridized carbons (Fsp3) is 0.769. The van der Waals surface area contributed by atoms with Crippen LogP contribution in [0, 0.1) is 11.8 Å². The Labute approximate surface area is 133 Å². The van der Waals surface area contributed by atoms with Gasteiger partial charge in [0.1, 0.15) is 6.33 Å². The van der Waals surface area contributed by atoms with Crippen LogP contribution in [0.1, 0.15) is 25.7 Å². The predicted molar refractivity (Wildman–Crippen MR) is 81.3 cm³/mol. The van der Waals surface area contributed by atoms with E-state index in [9.17, 15) is 13.2 Å². The average molecular weight is 342 g/mol. The minimum Gasteiger partial charge on any atom is -0.313 e. The lowest BCUT2D eigenvalue weighted by molar-refractivity contribution is 0.209. The SMILES string of the molecule is O=C(N1CCSC1)n1cnc(S(=O)(=O)[C@@H]2C[C@@H]3CC[C@H]2C3)n1. The van der Waals surface area contributed by atoms with Crippen LogP contribution in [-0.4, -0.2) is 57.5 Å². The molecule has 1 aromatic heterocycles. The summed E-state index contributed by atoms with van der Waals surface area (Å²) in [5.41, 5.74) is 0. The van der Waals surface area contributed by atoms with Crippen LogP contribution in [0.5, 0.6) is 0 Å². The Bertz CT molecular complexity index is 696. The molecule has 1 saturated heterocycles. The molecule has 3 fully saturated rings. The van der Waals surface area contributed by atoms with Gasteiger partial charge in [0.05, 0.1) is 11.1 Å². The molecule has 3 aliphatic rings. The Morgan fingerprint density at radius 1 is 1.32 bits per heavy atom. The van der Waals surface area contributed by atoms with E-state index in [-0.39, 0.29) is 22.4 Å². The normalized spacial score (nSPS) is 31.1. The van der Waals surface area contributed by atoms with E-state index < -0.39 is 9.84 Å². The van der Waals surface area contributed by atoms with Crippen molar-refractivity contribution in [3.63, 3.8) is 0 Å². The first-order chi connectivity index (χ1) is 10.6. The summed E-state index contributed by atoms with van der Waals surface area (Å²) in [7, 11) is -3.52. The molecular weight excluding hydrogens is 324 g/mol. The molecule has 22 heavy (non-hydrogen) atoms. The number of hydrogen-bond donors (Lipinski definition) is 0. The Kier molecular flexibility index (Phi) is 3.44. The van der Waals surface area contributed by atoms with Crippen molar-refractivity contribution in [2.24, 2.45) is 11.8 Å². The maximum atomic E-state index is 12.7. The molecule has 1 aromatic rings. The summed E-state index contributed by atoms with van der Waals surface area (Å²) in [5, 5.41) is 3.42. The van der Waals surface area contributed by atoms with Gasteiger partial charge < -0.3 is 4.90 Å². The Morgan fingerprint density at radius 2 is 2.18 bits per heavy atom. The van der Waals surface area contributed by atoms with Crippen molar-refractivity contribution < 1.29 is 13.2 Å². The molecule has 0 N–H and O–H groups in total. The third-order valence-corrected chi connectivity index (χ3v) is 8.05. The second-order valence-electron chi connectivity index (χ2n) is 6.31. The van der Waals surface area contributed by atoms with Crippen LogP contribution in [0.2, 0.25) is 0 Å². The summed E-state index contributed by atoms with van der Waals surface area (Å²) in [6.45, 7) is 0.665. The van der Waals surface area contributed by atoms with Crippen molar-refractivity contribution >= 4 is 27.6 Å². The van der Waals surface area contributed by atoms with Crippen molar-refractivity contribution in [3.8, 4) is 0 Å². The van der Waals surface area contributed by atoms with Gasteiger partial charge in [-0.15, -0.1) is 16.9 Å². The number of carbonyl (C=O) groups excluding carboxylic acids is 1. The van der Waals surface area contributed by atoms with Crippen molar-refractivity contribution in [2.75, 3.05) is 18.2 Å². The monoisotopic (exact) mass is 342 g/mol. The summed E-state index contributed by atoms with van der Waals surface area (Å²) >= 11 is 1.67. The average Bonchev–Trinajstić information content (AvgIpc) is 3.30. The van der Waals surface area contributed by atoms with Crippen LogP contribution in [0.25, 0.3) is 0 Å². The quantitative estimate of drug-likeness (QED) is 0.803. The van der Waals surface area contributed by atoms with Gasteiger partial charge in [-0.3, -0.25) is 0 Å². The Hall–Kier alpha value is -1.09. The fourth-order valence-electron chi connectivity index (χ4n) is 3.88. The largest absolute Gasteiger partial charge is 0.346 e. The summed E-state index contributed by atoms with van der Waals surface area (Å²) in [4.78, 5) is 17.8. The first-order valence-electron chi connectivity index (χ1n) is 7.58. The van der Waals surface area contributed by atoms with E-state index >= 15 is 0 Å². The summed E-state index contributed by atoms with van der Waals surface area (Å²) in [6.07, 6.45) is 5.08. The van der Waals surface area contributed by atoms with E-state index in [1.54, 1.807) is 16.7 Å². The molecule has 1 amide bonds. The zero-order chi connectivity index (χ0) is 15.3. The Morgan fingerprint density at radius 3 is 2.82 bits per heavy atom. The number of hydrogen-bond acceptors (Lipinski definition) is 6. The standard InChI is InChI=1S/C13H18N4O3S2/c18-13(16-3-4-21-8-16)17-7-14-12(15-17)22(19,20)11-6-9-1-2-10(11)5-9/h7,9-11H,1-6,8H2/t9-,10+,11-/m1/s1. The molecule has 7 nitrogen and oxygen atoms in total. The van der Waals surface area contributed by atoms with E-state index in [1.807, 2.05) is 0 Å². The lowest BCUT2D eigenvalue weighted by atomic mass is 10.0. The van der Waals surface area contributed by atoms with Crippen molar-refractivity contribution in [3.05, 3.63) is 6.33 Å². The van der Waals surface area contributed by atoms with E-state index in [0.717, 1.165) is 36.1 Å². The highest BCUT2D eigenvalue weighted by molar-refractivity contribution is 7.99. The van der Waals surface area contributed by atoms with Gasteiger partial charge in [-0.2, -0.15) is 4.68 Å². The zero-order valence-electron chi connectivity index (χ0n) is 12.1. The highest BCUT2D eigenvalue weighted by atomic mass is 32.2. The van der Waals surface area contributed by atoms with Gasteiger partial charge in [0.25, 0.3) is 5.16 Å². The smallest absolute Gasteiger partial charge is 0.313 e. The molecule has 0 unspecified atom stereocenters. The first kappa shape index (κ1) is 14.5. The zero-order valence-corrected chi connectivity index (χ0v) is 13.7. The van der Waals surface area contributed by atoms with Crippen molar-refractivity contribution in [1.82, 2.24) is 19.7 Å². The fourth-order valence-corrected chi connectivity index (χ4v) is 6.77. The van der Waals surface area contributed by atoms with Gasteiger partial charge in [-0.25, -0.2) is 18.2 Å². The summed E-state index contributed by atoms with van der Waals surface area (Å²) in [6, 6.07) is -0.299. The highest BCUT2D eigenvalue weighted by Crippen LogP contribution is 2.48. The molecular formula is C13H18N4O3S2. The van der Waals surface area contributed by atoms with Crippen molar-refractivity contribution in [1.29, 1.82) is 0 Å². The number of sulfone groups is 1. The Balaban J connectivity index is 1.57. The van der Waals surface area contributed by atoms with Crippen LogP contribution >= 0.6 is 11.8 Å². The first-order valence-corrected chi connectivity index (χ1v) is 10.3. The lowest BCUT2D eigenvalue weighted by Crippen LogP contribution is -2.33. The minimum atomic E-state index is -3.52. The summed E-state index contributed by atoms with van der Waals surface area (Å²) < 4.78 is 26.5. The van der Waals surface area contributed by atoms with Gasteiger partial charge >= 0.3 is 6.03 Å². The van der Waals surface area contributed by atoms with E-state index in [1.165, 1.54) is 6.33 Å². The van der Waals surface area contributed by atoms with Crippen LogP contribution in [0.3, 0.4) is 0 Å². The molecule has 3 atom stereocenters. The van der Waals surface area contributed by atoms with Gasteiger partial charge in [0.15, 0.2) is 0 Å². The topological polar surface area (TPSA) is 85.2 Å². The second kappa shape index (κ2) is 5.23. The number of fused-ring (bicyclic) bond motifs is 2. The number of nitrogens with zero attached hydrogens (tertiary/aromatic N) is 4. The number of thioether (sulfide) groups is 1.